The summed E-state index contributed by atoms with van der Waals surface area (Å²) in [6.45, 7) is 0. The summed E-state index contributed by atoms with van der Waals surface area (Å²) < 4.78 is 1.89. The van der Waals surface area contributed by atoms with E-state index in [0.717, 1.165) is 22.1 Å². The van der Waals surface area contributed by atoms with Gasteiger partial charge in [0.2, 0.25) is 5.56 Å². The predicted octanol–water partition coefficient (Wildman–Crippen LogP) is 1.38. The highest BCUT2D eigenvalue weighted by molar-refractivity contribution is 5.75. The molecular formula is C17H16N8O. The lowest BCUT2D eigenvalue weighted by atomic mass is 10.2. The zero-order chi connectivity index (χ0) is 18.1. The Morgan fingerprint density at radius 1 is 1.15 bits per heavy atom. The van der Waals surface area contributed by atoms with E-state index >= 15 is 0 Å². The van der Waals surface area contributed by atoms with Gasteiger partial charge in [-0.2, -0.15) is 0 Å². The topological polar surface area (TPSA) is 130 Å². The molecule has 0 aliphatic rings. The maximum absolute atomic E-state index is 11.3. The largest absolute Gasteiger partial charge is 0.337 e. The summed E-state index contributed by atoms with van der Waals surface area (Å²) in [7, 11) is 0. The monoisotopic (exact) mass is 348 g/mol. The second kappa shape index (κ2) is 6.31. The molecule has 0 atom stereocenters. The summed E-state index contributed by atoms with van der Waals surface area (Å²) in [5.41, 5.74) is 3.61. The molecule has 0 saturated heterocycles. The molecule has 0 saturated carbocycles. The molecule has 0 aliphatic carbocycles. The lowest BCUT2D eigenvalue weighted by molar-refractivity contribution is 0.925. The van der Waals surface area contributed by atoms with Crippen LogP contribution >= 0.6 is 0 Å². The first-order chi connectivity index (χ1) is 12.6. The van der Waals surface area contributed by atoms with Gasteiger partial charge in [0, 0.05) is 35.9 Å². The maximum atomic E-state index is 11.3. The van der Waals surface area contributed by atoms with Gasteiger partial charge < -0.3 is 10.3 Å². The van der Waals surface area contributed by atoms with Gasteiger partial charge in [-0.05, 0) is 24.3 Å². The third-order valence-electron chi connectivity index (χ3n) is 3.92. The highest BCUT2D eigenvalue weighted by Crippen LogP contribution is 2.25. The molecular weight excluding hydrogens is 332 g/mol. The molecule has 4 rings (SSSR count). The Bertz CT molecular complexity index is 1110. The molecule has 0 radical (unpaired) electrons. The number of fused-ring (bicyclic) bond motifs is 1. The van der Waals surface area contributed by atoms with Crippen molar-refractivity contribution >= 4 is 22.8 Å². The average Bonchev–Trinajstić information content (AvgIpc) is 3.08. The number of hydrazine groups is 2. The third kappa shape index (κ3) is 2.88. The summed E-state index contributed by atoms with van der Waals surface area (Å²) in [4.78, 5) is 22.8. The van der Waals surface area contributed by atoms with E-state index < -0.39 is 0 Å². The Balaban J connectivity index is 1.74. The number of hydrogen-bond donors (Lipinski definition) is 4. The minimum Gasteiger partial charge on any atom is -0.337 e. The molecule has 4 aromatic rings. The van der Waals surface area contributed by atoms with Crippen molar-refractivity contribution in [1.82, 2.24) is 19.4 Å². The molecule has 9 heteroatoms. The zero-order valence-electron chi connectivity index (χ0n) is 13.6. The predicted molar refractivity (Wildman–Crippen MR) is 99.6 cm³/mol. The number of rotatable bonds is 4. The molecule has 3 aromatic heterocycles. The minimum atomic E-state index is -0.152. The van der Waals surface area contributed by atoms with Crippen LogP contribution in [0.4, 0.5) is 17.2 Å². The molecule has 0 spiro atoms. The molecule has 1 aromatic carbocycles. The van der Waals surface area contributed by atoms with Crippen molar-refractivity contribution in [3.05, 3.63) is 71.5 Å². The van der Waals surface area contributed by atoms with E-state index in [0.29, 0.717) is 17.2 Å². The number of benzene rings is 1. The first-order valence-corrected chi connectivity index (χ1v) is 7.79. The van der Waals surface area contributed by atoms with Gasteiger partial charge in [0.15, 0.2) is 11.5 Å². The summed E-state index contributed by atoms with van der Waals surface area (Å²) in [5.74, 6) is 11.7. The Morgan fingerprint density at radius 2 is 2.04 bits per heavy atom. The highest BCUT2D eigenvalue weighted by atomic mass is 16.1. The van der Waals surface area contributed by atoms with Crippen molar-refractivity contribution in [3.8, 4) is 11.3 Å². The summed E-state index contributed by atoms with van der Waals surface area (Å²) >= 11 is 0. The molecule has 26 heavy (non-hydrogen) atoms. The fourth-order valence-electron chi connectivity index (χ4n) is 2.67. The quantitative estimate of drug-likeness (QED) is 0.324. The number of aromatic nitrogens is 4. The normalized spacial score (nSPS) is 10.8. The fourth-order valence-corrected chi connectivity index (χ4v) is 2.67. The van der Waals surface area contributed by atoms with Crippen LogP contribution < -0.4 is 27.7 Å². The SMILES string of the molecule is NN(N)c1cccc(Nc2nccn3c(-c4ccc(=O)[nH]c4)cnc23)c1. The van der Waals surface area contributed by atoms with Gasteiger partial charge in [0.05, 0.1) is 17.6 Å². The summed E-state index contributed by atoms with van der Waals surface area (Å²) in [5, 5.41) is 4.27. The molecule has 0 bridgehead atoms. The Kier molecular flexibility index (Phi) is 3.84. The van der Waals surface area contributed by atoms with E-state index in [-0.39, 0.29) is 5.56 Å². The first-order valence-electron chi connectivity index (χ1n) is 7.79. The van der Waals surface area contributed by atoms with Crippen molar-refractivity contribution in [2.24, 2.45) is 11.7 Å². The van der Waals surface area contributed by atoms with Crippen LogP contribution in [0, 0.1) is 0 Å². The van der Waals surface area contributed by atoms with Crippen LogP contribution in [-0.2, 0) is 0 Å². The molecule has 0 unspecified atom stereocenters. The van der Waals surface area contributed by atoms with Crippen LogP contribution in [0.15, 0.2) is 66.0 Å². The van der Waals surface area contributed by atoms with Crippen LogP contribution in [0.25, 0.3) is 16.9 Å². The van der Waals surface area contributed by atoms with Crippen molar-refractivity contribution < 1.29 is 0 Å². The van der Waals surface area contributed by atoms with Crippen LogP contribution in [0.3, 0.4) is 0 Å². The standard InChI is InChI=1S/C17H16N8O/c18-25(19)13-3-1-2-12(8-13)23-16-17-22-10-14(24(17)7-6-20-16)11-4-5-15(26)21-9-11/h1-10H,18-19H2,(H,20,23)(H,21,26). The van der Waals surface area contributed by atoms with E-state index in [1.807, 2.05) is 22.7 Å². The molecule has 6 N–H and O–H groups in total. The van der Waals surface area contributed by atoms with Gasteiger partial charge in [-0.1, -0.05) is 6.07 Å². The molecule has 0 aliphatic heterocycles. The van der Waals surface area contributed by atoms with E-state index in [2.05, 4.69) is 20.3 Å². The van der Waals surface area contributed by atoms with Crippen molar-refractivity contribution in [3.63, 3.8) is 0 Å². The van der Waals surface area contributed by atoms with Crippen LogP contribution in [0.5, 0.6) is 0 Å². The lowest BCUT2D eigenvalue weighted by Gasteiger charge is -2.13. The van der Waals surface area contributed by atoms with Crippen molar-refractivity contribution in [1.29, 1.82) is 0 Å². The first kappa shape index (κ1) is 15.8. The number of nitrogens with two attached hydrogens (primary N) is 2. The number of pyridine rings is 1. The van der Waals surface area contributed by atoms with Gasteiger partial charge in [-0.25, -0.2) is 26.8 Å². The highest BCUT2D eigenvalue weighted by Gasteiger charge is 2.11. The van der Waals surface area contributed by atoms with Gasteiger partial charge >= 0.3 is 0 Å². The third-order valence-corrected chi connectivity index (χ3v) is 3.92. The number of H-pyrrole nitrogens is 1. The van der Waals surface area contributed by atoms with Crippen molar-refractivity contribution in [2.45, 2.75) is 0 Å². The van der Waals surface area contributed by atoms with Gasteiger partial charge in [0.1, 0.15) is 0 Å². The number of nitrogens with zero attached hydrogens (tertiary/aromatic N) is 4. The Hall–Kier alpha value is -3.69. The van der Waals surface area contributed by atoms with Crippen LogP contribution in [0.2, 0.25) is 0 Å². The number of hydrogen-bond acceptors (Lipinski definition) is 7. The average molecular weight is 348 g/mol. The van der Waals surface area contributed by atoms with E-state index in [1.165, 1.54) is 6.07 Å². The van der Waals surface area contributed by atoms with Crippen molar-refractivity contribution in [2.75, 3.05) is 10.4 Å². The van der Waals surface area contributed by atoms with E-state index in [4.69, 9.17) is 11.7 Å². The van der Waals surface area contributed by atoms with Gasteiger partial charge in [-0.3, -0.25) is 9.20 Å². The number of aromatic amines is 1. The maximum Gasteiger partial charge on any atom is 0.247 e. The minimum absolute atomic E-state index is 0.152. The van der Waals surface area contributed by atoms with E-state index in [1.54, 1.807) is 36.8 Å². The second-order valence-electron chi connectivity index (χ2n) is 5.64. The second-order valence-corrected chi connectivity index (χ2v) is 5.64. The molecule has 130 valence electrons. The van der Waals surface area contributed by atoms with Crippen LogP contribution in [-0.4, -0.2) is 19.4 Å². The van der Waals surface area contributed by atoms with Crippen LogP contribution in [0.1, 0.15) is 0 Å². The summed E-state index contributed by atoms with van der Waals surface area (Å²) in [6.07, 6.45) is 6.87. The van der Waals surface area contributed by atoms with E-state index in [9.17, 15) is 4.79 Å². The Morgan fingerprint density at radius 3 is 2.81 bits per heavy atom. The number of nitrogens with one attached hydrogen (secondary N) is 2. The number of anilines is 3. The lowest BCUT2D eigenvalue weighted by Crippen LogP contribution is -2.37. The zero-order valence-corrected chi connectivity index (χ0v) is 13.6. The Labute approximate surface area is 147 Å². The van der Waals surface area contributed by atoms with Gasteiger partial charge in [-0.15, -0.1) is 0 Å². The fraction of sp³-hybridized carbons (Fsp3) is 0. The molecule has 0 fully saturated rings. The van der Waals surface area contributed by atoms with Gasteiger partial charge in [0.25, 0.3) is 0 Å². The molecule has 0 amide bonds. The summed E-state index contributed by atoms with van der Waals surface area (Å²) in [6, 6.07) is 10.5. The molecule has 3 heterocycles. The number of imidazole rings is 1. The molecule has 9 nitrogen and oxygen atoms in total. The smallest absolute Gasteiger partial charge is 0.247 e.